The molecule has 4 aromatic rings. The van der Waals surface area contributed by atoms with Gasteiger partial charge in [-0.3, -0.25) is 0 Å². The number of sulfonamides is 1. The van der Waals surface area contributed by atoms with Gasteiger partial charge in [-0.25, -0.2) is 18.1 Å². The van der Waals surface area contributed by atoms with E-state index in [9.17, 15) is 8.42 Å². The number of aromatic nitrogens is 2. The zero-order valence-electron chi connectivity index (χ0n) is 17.7. The molecule has 8 nitrogen and oxygen atoms in total. The summed E-state index contributed by atoms with van der Waals surface area (Å²) >= 11 is 0. The van der Waals surface area contributed by atoms with Crippen LogP contribution >= 0.6 is 0 Å². The van der Waals surface area contributed by atoms with E-state index in [2.05, 4.69) is 25.3 Å². The first-order valence-corrected chi connectivity index (χ1v) is 11.8. The first-order valence-electron chi connectivity index (χ1n) is 9.88. The fraction of sp³-hybridized carbons (Fsp3) is 0.130. The molecule has 32 heavy (non-hydrogen) atoms. The minimum Gasteiger partial charge on any atom is -0.497 e. The van der Waals surface area contributed by atoms with Gasteiger partial charge in [-0.05, 0) is 42.0 Å². The molecule has 0 saturated carbocycles. The van der Waals surface area contributed by atoms with E-state index in [1.807, 2.05) is 72.8 Å². The second kappa shape index (κ2) is 9.21. The Balaban J connectivity index is 1.59. The summed E-state index contributed by atoms with van der Waals surface area (Å²) in [5.74, 6) is 1.86. The highest BCUT2D eigenvalue weighted by Gasteiger charge is 2.09. The number of methoxy groups -OCH3 is 1. The van der Waals surface area contributed by atoms with Gasteiger partial charge in [0, 0.05) is 29.4 Å². The van der Waals surface area contributed by atoms with E-state index in [4.69, 9.17) is 4.74 Å². The maximum Gasteiger partial charge on any atom is 0.229 e. The van der Waals surface area contributed by atoms with E-state index in [1.165, 1.54) is 0 Å². The van der Waals surface area contributed by atoms with E-state index in [0.717, 1.165) is 39.8 Å². The highest BCUT2D eigenvalue weighted by molar-refractivity contribution is 7.88. The summed E-state index contributed by atoms with van der Waals surface area (Å²) in [6.45, 7) is 0.236. The molecule has 0 unspecified atom stereocenters. The Morgan fingerprint density at radius 1 is 0.875 bits per heavy atom. The third-order valence-electron chi connectivity index (χ3n) is 4.68. The van der Waals surface area contributed by atoms with Crippen LogP contribution < -0.4 is 20.1 Å². The van der Waals surface area contributed by atoms with Crippen LogP contribution in [0.4, 0.5) is 23.1 Å². The van der Waals surface area contributed by atoms with Crippen molar-refractivity contribution in [3.8, 4) is 5.75 Å². The van der Waals surface area contributed by atoms with Crippen molar-refractivity contribution in [2.24, 2.45) is 0 Å². The van der Waals surface area contributed by atoms with Gasteiger partial charge < -0.3 is 15.4 Å². The second-order valence-corrected chi connectivity index (χ2v) is 9.02. The Bertz CT molecular complexity index is 1340. The number of hydrogen-bond acceptors (Lipinski definition) is 7. The largest absolute Gasteiger partial charge is 0.497 e. The summed E-state index contributed by atoms with van der Waals surface area (Å²) in [7, 11) is -1.61. The molecular weight excluding hydrogens is 426 g/mol. The highest BCUT2D eigenvalue weighted by Crippen LogP contribution is 2.27. The number of nitrogens with zero attached hydrogens (tertiary/aromatic N) is 2. The molecule has 0 amide bonds. The van der Waals surface area contributed by atoms with Gasteiger partial charge in [-0.2, -0.15) is 4.98 Å². The molecule has 0 spiro atoms. The van der Waals surface area contributed by atoms with Gasteiger partial charge in [-0.15, -0.1) is 0 Å². The van der Waals surface area contributed by atoms with E-state index in [1.54, 1.807) is 7.11 Å². The van der Waals surface area contributed by atoms with Gasteiger partial charge in [0.1, 0.15) is 11.6 Å². The SMILES string of the molecule is COc1cccc(Nc2nc(Nc3ccc(CNS(C)(=O)=O)cc3)nc3ccccc23)c1. The summed E-state index contributed by atoms with van der Waals surface area (Å²) in [5.41, 5.74) is 3.28. The van der Waals surface area contributed by atoms with E-state index < -0.39 is 10.0 Å². The maximum absolute atomic E-state index is 11.3. The molecule has 0 bridgehead atoms. The zero-order chi connectivity index (χ0) is 22.6. The molecule has 3 N–H and O–H groups in total. The average molecular weight is 450 g/mol. The second-order valence-electron chi connectivity index (χ2n) is 7.19. The van der Waals surface area contributed by atoms with Crippen LogP contribution in [0.3, 0.4) is 0 Å². The first kappa shape index (κ1) is 21.5. The number of benzene rings is 3. The van der Waals surface area contributed by atoms with E-state index in [-0.39, 0.29) is 6.54 Å². The third-order valence-corrected chi connectivity index (χ3v) is 5.35. The summed E-state index contributed by atoms with van der Waals surface area (Å²) in [6, 6.07) is 22.8. The lowest BCUT2D eigenvalue weighted by Gasteiger charge is -2.13. The Kier molecular flexibility index (Phi) is 6.20. The molecule has 9 heteroatoms. The Morgan fingerprint density at radius 2 is 1.66 bits per heavy atom. The quantitative estimate of drug-likeness (QED) is 0.371. The van der Waals surface area contributed by atoms with Crippen LogP contribution in [0.25, 0.3) is 10.9 Å². The molecular formula is C23H23N5O3S. The van der Waals surface area contributed by atoms with Crippen molar-refractivity contribution < 1.29 is 13.2 Å². The van der Waals surface area contributed by atoms with Crippen molar-refractivity contribution in [2.75, 3.05) is 24.0 Å². The first-order chi connectivity index (χ1) is 15.4. The van der Waals surface area contributed by atoms with Crippen molar-refractivity contribution >= 4 is 44.1 Å². The van der Waals surface area contributed by atoms with Crippen LogP contribution in [-0.2, 0) is 16.6 Å². The predicted octanol–water partition coefficient (Wildman–Crippen LogP) is 4.17. The molecule has 0 aliphatic heterocycles. The summed E-state index contributed by atoms with van der Waals surface area (Å²) in [6.07, 6.45) is 1.14. The standard InChI is InChI=1S/C23H23N5O3S/c1-31-19-7-5-6-18(14-19)25-22-20-8-3-4-9-21(20)27-23(28-22)26-17-12-10-16(11-13-17)15-24-32(2,29)30/h3-14,24H,15H2,1-2H3,(H2,25,26,27,28). The molecule has 1 heterocycles. The van der Waals surface area contributed by atoms with Crippen molar-refractivity contribution in [2.45, 2.75) is 6.54 Å². The molecule has 1 aromatic heterocycles. The van der Waals surface area contributed by atoms with Crippen LogP contribution in [0.2, 0.25) is 0 Å². The van der Waals surface area contributed by atoms with Crippen molar-refractivity contribution in [1.82, 2.24) is 14.7 Å². The molecule has 0 aliphatic carbocycles. The lowest BCUT2D eigenvalue weighted by Crippen LogP contribution is -2.21. The van der Waals surface area contributed by atoms with Gasteiger partial charge >= 0.3 is 0 Å². The predicted molar refractivity (Wildman–Crippen MR) is 127 cm³/mol. The van der Waals surface area contributed by atoms with Crippen molar-refractivity contribution in [1.29, 1.82) is 0 Å². The molecule has 0 atom stereocenters. The average Bonchev–Trinajstić information content (AvgIpc) is 2.78. The number of ether oxygens (including phenoxy) is 1. The number of para-hydroxylation sites is 1. The summed E-state index contributed by atoms with van der Waals surface area (Å²) < 4.78 is 30.3. The molecule has 0 fully saturated rings. The Labute approximate surface area is 186 Å². The van der Waals surface area contributed by atoms with Crippen molar-refractivity contribution in [3.63, 3.8) is 0 Å². The molecule has 4 rings (SSSR count). The van der Waals surface area contributed by atoms with Gasteiger partial charge in [-0.1, -0.05) is 30.3 Å². The molecule has 0 saturated heterocycles. The number of rotatable bonds is 8. The van der Waals surface area contributed by atoms with Gasteiger partial charge in [0.15, 0.2) is 0 Å². The molecule has 164 valence electrons. The minimum atomic E-state index is -3.24. The van der Waals surface area contributed by atoms with E-state index >= 15 is 0 Å². The smallest absolute Gasteiger partial charge is 0.229 e. The zero-order valence-corrected chi connectivity index (χ0v) is 18.5. The fourth-order valence-electron chi connectivity index (χ4n) is 3.11. The Morgan fingerprint density at radius 3 is 2.41 bits per heavy atom. The maximum atomic E-state index is 11.3. The highest BCUT2D eigenvalue weighted by atomic mass is 32.2. The topological polar surface area (TPSA) is 105 Å². The number of nitrogens with one attached hydrogen (secondary N) is 3. The van der Waals surface area contributed by atoms with Crippen LogP contribution in [-0.4, -0.2) is 31.8 Å². The summed E-state index contributed by atoms with van der Waals surface area (Å²) in [4.78, 5) is 9.29. The van der Waals surface area contributed by atoms with Crippen LogP contribution in [0.5, 0.6) is 5.75 Å². The monoisotopic (exact) mass is 449 g/mol. The molecule has 0 aliphatic rings. The number of fused-ring (bicyclic) bond motifs is 1. The van der Waals surface area contributed by atoms with Crippen LogP contribution in [0.1, 0.15) is 5.56 Å². The normalized spacial score (nSPS) is 11.3. The fourth-order valence-corrected chi connectivity index (χ4v) is 3.54. The lowest BCUT2D eigenvalue weighted by molar-refractivity contribution is 0.415. The number of anilines is 4. The van der Waals surface area contributed by atoms with Crippen molar-refractivity contribution in [3.05, 3.63) is 78.4 Å². The molecule has 0 radical (unpaired) electrons. The van der Waals surface area contributed by atoms with Crippen LogP contribution in [0.15, 0.2) is 72.8 Å². The summed E-state index contributed by atoms with van der Waals surface area (Å²) in [5, 5.41) is 7.46. The van der Waals surface area contributed by atoms with Gasteiger partial charge in [0.2, 0.25) is 16.0 Å². The lowest BCUT2D eigenvalue weighted by atomic mass is 10.2. The van der Waals surface area contributed by atoms with Crippen LogP contribution in [0, 0.1) is 0 Å². The number of hydrogen-bond donors (Lipinski definition) is 3. The molecule has 3 aromatic carbocycles. The van der Waals surface area contributed by atoms with E-state index in [0.29, 0.717) is 11.8 Å². The van der Waals surface area contributed by atoms with Gasteiger partial charge in [0.25, 0.3) is 0 Å². The van der Waals surface area contributed by atoms with Gasteiger partial charge in [0.05, 0.1) is 18.9 Å². The Hall–Kier alpha value is -3.69. The minimum absolute atomic E-state index is 0.236. The third kappa shape index (κ3) is 5.51.